The summed E-state index contributed by atoms with van der Waals surface area (Å²) in [5, 5.41) is 0. The molecule has 1 heterocycles. The van der Waals surface area contributed by atoms with Crippen molar-refractivity contribution in [2.45, 2.75) is 18.7 Å². The van der Waals surface area contributed by atoms with Crippen LogP contribution < -0.4 is 10.3 Å². The predicted octanol–water partition coefficient (Wildman–Crippen LogP) is 2.02. The van der Waals surface area contributed by atoms with Crippen molar-refractivity contribution in [2.24, 2.45) is 0 Å². The Balaban J connectivity index is 2.11. The molecule has 0 aliphatic rings. The molecule has 0 atom stereocenters. The van der Waals surface area contributed by atoms with Gasteiger partial charge in [0.1, 0.15) is 5.69 Å². The number of nitrogens with one attached hydrogen (secondary N) is 3. The Morgan fingerprint density at radius 3 is 2.48 bits per heavy atom. The maximum atomic E-state index is 12.1. The van der Waals surface area contributed by atoms with E-state index in [0.717, 1.165) is 11.1 Å². The Labute approximate surface area is 131 Å². The zero-order valence-corrected chi connectivity index (χ0v) is 13.8. The van der Waals surface area contributed by atoms with Crippen molar-refractivity contribution in [1.29, 1.82) is 0 Å². The third-order valence-electron chi connectivity index (χ3n) is 2.98. The van der Waals surface area contributed by atoms with Gasteiger partial charge in [-0.3, -0.25) is 10.2 Å². The Morgan fingerprint density at radius 1 is 1.19 bits per heavy atom. The van der Waals surface area contributed by atoms with Crippen LogP contribution in [-0.2, 0) is 10.0 Å². The molecule has 3 N–H and O–H groups in total. The molecule has 8 heteroatoms. The summed E-state index contributed by atoms with van der Waals surface area (Å²) >= 11 is 3.19. The lowest BCUT2D eigenvalue weighted by Crippen LogP contribution is -2.41. The minimum absolute atomic E-state index is 0.0959. The van der Waals surface area contributed by atoms with Crippen molar-refractivity contribution in [3.05, 3.63) is 51.8 Å². The van der Waals surface area contributed by atoms with Crippen molar-refractivity contribution in [3.63, 3.8) is 0 Å². The van der Waals surface area contributed by atoms with Gasteiger partial charge in [0.2, 0.25) is 0 Å². The fraction of sp³-hybridized carbons (Fsp3) is 0.154. The lowest BCUT2D eigenvalue weighted by atomic mass is 10.1. The molecule has 2 aromatic rings. The highest BCUT2D eigenvalue weighted by atomic mass is 79.9. The summed E-state index contributed by atoms with van der Waals surface area (Å²) in [5.41, 5.74) is 4.25. The van der Waals surface area contributed by atoms with Gasteiger partial charge in [-0.1, -0.05) is 6.07 Å². The molecule has 112 valence electrons. The fourth-order valence-corrected chi connectivity index (χ4v) is 2.89. The number of carbonyl (C=O) groups is 1. The van der Waals surface area contributed by atoms with Crippen LogP contribution in [0.4, 0.5) is 0 Å². The molecule has 6 nitrogen and oxygen atoms in total. The number of amides is 1. The molecule has 0 fully saturated rings. The molecule has 1 aromatic heterocycles. The molecule has 0 saturated carbocycles. The van der Waals surface area contributed by atoms with Gasteiger partial charge in [-0.2, -0.15) is 0 Å². The summed E-state index contributed by atoms with van der Waals surface area (Å²) in [6.07, 6.45) is 1.58. The Kier molecular flexibility index (Phi) is 4.50. The summed E-state index contributed by atoms with van der Waals surface area (Å²) < 4.78 is 24.9. The van der Waals surface area contributed by atoms with E-state index in [4.69, 9.17) is 0 Å². The molecule has 0 aliphatic heterocycles. The molecule has 21 heavy (non-hydrogen) atoms. The first-order valence-electron chi connectivity index (χ1n) is 6.03. The monoisotopic (exact) mass is 371 g/mol. The zero-order chi connectivity index (χ0) is 15.6. The molecule has 0 bridgehead atoms. The van der Waals surface area contributed by atoms with Crippen LogP contribution in [0.25, 0.3) is 0 Å². The topological polar surface area (TPSA) is 91.1 Å². The molecular formula is C13H14BrN3O3S. The third-order valence-corrected chi connectivity index (χ3v) is 4.68. The van der Waals surface area contributed by atoms with Crippen molar-refractivity contribution < 1.29 is 13.2 Å². The van der Waals surface area contributed by atoms with Crippen LogP contribution >= 0.6 is 15.9 Å². The molecule has 0 saturated heterocycles. The Bertz CT molecular complexity index is 784. The fourth-order valence-electron chi connectivity index (χ4n) is 1.62. The maximum absolute atomic E-state index is 12.1. The number of aromatic nitrogens is 1. The largest absolute Gasteiger partial charge is 0.356 e. The molecule has 1 amide bonds. The van der Waals surface area contributed by atoms with Crippen LogP contribution in [-0.4, -0.2) is 19.3 Å². The number of H-pyrrole nitrogens is 1. The van der Waals surface area contributed by atoms with Crippen LogP contribution in [0.15, 0.2) is 39.8 Å². The quantitative estimate of drug-likeness (QED) is 0.717. The minimum Gasteiger partial charge on any atom is -0.356 e. The molecule has 0 spiro atoms. The van der Waals surface area contributed by atoms with Crippen LogP contribution in [0.5, 0.6) is 0 Å². The van der Waals surface area contributed by atoms with Gasteiger partial charge >= 0.3 is 0 Å². The van der Waals surface area contributed by atoms with Crippen LogP contribution in [0.2, 0.25) is 0 Å². The van der Waals surface area contributed by atoms with Gasteiger partial charge in [-0.05, 0) is 59.1 Å². The van der Waals surface area contributed by atoms with E-state index in [9.17, 15) is 13.2 Å². The van der Waals surface area contributed by atoms with E-state index in [1.807, 2.05) is 13.8 Å². The van der Waals surface area contributed by atoms with E-state index in [-0.39, 0.29) is 10.6 Å². The molecule has 0 unspecified atom stereocenters. The summed E-state index contributed by atoms with van der Waals surface area (Å²) in [6, 6.07) is 6.30. The zero-order valence-electron chi connectivity index (χ0n) is 11.4. The maximum Gasteiger partial charge on any atom is 0.282 e. The van der Waals surface area contributed by atoms with Crippen LogP contribution in [0.3, 0.4) is 0 Å². The third kappa shape index (κ3) is 3.72. The van der Waals surface area contributed by atoms with E-state index in [1.54, 1.807) is 24.4 Å². The highest BCUT2D eigenvalue weighted by Gasteiger charge is 2.16. The number of benzene rings is 1. The van der Waals surface area contributed by atoms with Crippen LogP contribution in [0.1, 0.15) is 21.6 Å². The molecule has 1 aromatic carbocycles. The number of hydrogen-bond donors (Lipinski definition) is 3. The molecule has 2 rings (SSSR count). The second-order valence-corrected chi connectivity index (χ2v) is 7.14. The first-order valence-corrected chi connectivity index (χ1v) is 8.30. The van der Waals surface area contributed by atoms with Crippen molar-refractivity contribution in [3.8, 4) is 0 Å². The van der Waals surface area contributed by atoms with Gasteiger partial charge in [-0.25, -0.2) is 8.42 Å². The van der Waals surface area contributed by atoms with Gasteiger partial charge in [0.25, 0.3) is 15.9 Å². The van der Waals surface area contributed by atoms with Gasteiger partial charge in [0, 0.05) is 10.7 Å². The SMILES string of the molecule is Cc1ccc(S(=O)(=O)NNC(=O)c2cc(Br)c[nH]2)cc1C. The number of halogens is 1. The van der Waals surface area contributed by atoms with Crippen molar-refractivity contribution in [1.82, 2.24) is 15.2 Å². The number of aryl methyl sites for hydroxylation is 2. The van der Waals surface area contributed by atoms with E-state index in [1.165, 1.54) is 6.07 Å². The summed E-state index contributed by atoms with van der Waals surface area (Å²) in [6.45, 7) is 3.72. The van der Waals surface area contributed by atoms with E-state index in [2.05, 4.69) is 31.2 Å². The van der Waals surface area contributed by atoms with E-state index >= 15 is 0 Å². The second kappa shape index (κ2) is 6.00. The smallest absolute Gasteiger partial charge is 0.282 e. The Morgan fingerprint density at radius 2 is 1.90 bits per heavy atom. The highest BCUT2D eigenvalue weighted by molar-refractivity contribution is 9.10. The lowest BCUT2D eigenvalue weighted by Gasteiger charge is -2.09. The average molecular weight is 372 g/mol. The van der Waals surface area contributed by atoms with Gasteiger partial charge < -0.3 is 4.98 Å². The number of rotatable bonds is 4. The standard InChI is InChI=1S/C13H14BrN3O3S/c1-8-3-4-11(5-9(8)2)21(19,20)17-16-13(18)12-6-10(14)7-15-12/h3-7,15,17H,1-2H3,(H,16,18). The number of aromatic amines is 1. The Hall–Kier alpha value is -1.64. The lowest BCUT2D eigenvalue weighted by molar-refractivity contribution is 0.0940. The molecular weight excluding hydrogens is 358 g/mol. The summed E-state index contributed by atoms with van der Waals surface area (Å²) in [7, 11) is -3.80. The average Bonchev–Trinajstić information content (AvgIpc) is 2.86. The van der Waals surface area contributed by atoms with Gasteiger partial charge in [0.15, 0.2) is 0 Å². The number of carbonyl (C=O) groups excluding carboxylic acids is 1. The number of sulfonamides is 1. The second-order valence-electron chi connectivity index (χ2n) is 4.54. The molecule has 0 radical (unpaired) electrons. The van der Waals surface area contributed by atoms with Gasteiger partial charge in [0.05, 0.1) is 4.90 Å². The number of hydrazine groups is 1. The van der Waals surface area contributed by atoms with E-state index in [0.29, 0.717) is 4.47 Å². The number of hydrogen-bond acceptors (Lipinski definition) is 3. The molecule has 0 aliphatic carbocycles. The summed E-state index contributed by atoms with van der Waals surface area (Å²) in [4.78, 5) is 16.6. The van der Waals surface area contributed by atoms with E-state index < -0.39 is 15.9 Å². The van der Waals surface area contributed by atoms with Crippen LogP contribution in [0, 0.1) is 13.8 Å². The summed E-state index contributed by atoms with van der Waals surface area (Å²) in [5.74, 6) is -0.576. The predicted molar refractivity (Wildman–Crippen MR) is 82.2 cm³/mol. The van der Waals surface area contributed by atoms with Gasteiger partial charge in [-0.15, -0.1) is 4.83 Å². The van der Waals surface area contributed by atoms with Crippen molar-refractivity contribution >= 4 is 31.9 Å². The minimum atomic E-state index is -3.80. The van der Waals surface area contributed by atoms with Crippen molar-refractivity contribution in [2.75, 3.05) is 0 Å². The highest BCUT2D eigenvalue weighted by Crippen LogP contribution is 2.14. The first-order chi connectivity index (χ1) is 9.79. The first kappa shape index (κ1) is 15.7. The normalized spacial score (nSPS) is 11.4.